The zero-order chi connectivity index (χ0) is 11.7. The van der Waals surface area contributed by atoms with E-state index in [9.17, 15) is 0 Å². The van der Waals surface area contributed by atoms with Gasteiger partial charge < -0.3 is 4.42 Å². The van der Waals surface area contributed by atoms with Crippen LogP contribution in [0.3, 0.4) is 0 Å². The van der Waals surface area contributed by atoms with Crippen molar-refractivity contribution in [3.8, 4) is 0 Å². The summed E-state index contributed by atoms with van der Waals surface area (Å²) in [6.45, 7) is 5.39. The van der Waals surface area contributed by atoms with Gasteiger partial charge in [0.15, 0.2) is 0 Å². The van der Waals surface area contributed by atoms with Gasteiger partial charge in [0.05, 0.1) is 12.7 Å². The highest BCUT2D eigenvalue weighted by Crippen LogP contribution is 2.33. The minimum Gasteiger partial charge on any atom is -0.444 e. The molecule has 92 valence electrons. The van der Waals surface area contributed by atoms with Crippen molar-refractivity contribution >= 4 is 0 Å². The van der Waals surface area contributed by atoms with E-state index in [1.54, 1.807) is 0 Å². The third-order valence-corrected chi connectivity index (χ3v) is 4.01. The zero-order valence-corrected chi connectivity index (χ0v) is 10.4. The van der Waals surface area contributed by atoms with E-state index in [2.05, 4.69) is 29.0 Å². The molecule has 1 saturated heterocycles. The van der Waals surface area contributed by atoms with E-state index < -0.39 is 0 Å². The van der Waals surface area contributed by atoms with E-state index in [0.717, 1.165) is 36.5 Å². The van der Waals surface area contributed by atoms with Crippen LogP contribution < -0.4 is 0 Å². The van der Waals surface area contributed by atoms with Gasteiger partial charge in [-0.2, -0.15) is 0 Å². The molecule has 2 atom stereocenters. The van der Waals surface area contributed by atoms with Crippen molar-refractivity contribution < 1.29 is 4.42 Å². The smallest absolute Gasteiger partial charge is 0.208 e. The molecule has 0 saturated carbocycles. The van der Waals surface area contributed by atoms with Crippen molar-refractivity contribution in [2.45, 2.75) is 32.7 Å². The van der Waals surface area contributed by atoms with Crippen LogP contribution in [0.25, 0.3) is 0 Å². The molecular weight excluding hydrogens is 212 g/mol. The molecule has 3 rings (SSSR count). The molecule has 17 heavy (non-hydrogen) atoms. The molecule has 1 aliphatic heterocycles. The van der Waals surface area contributed by atoms with Crippen LogP contribution in [0, 0.1) is 11.8 Å². The minimum atomic E-state index is 0.862. The van der Waals surface area contributed by atoms with Crippen LogP contribution in [0.4, 0.5) is 0 Å². The van der Waals surface area contributed by atoms with Gasteiger partial charge in [0.1, 0.15) is 5.76 Å². The van der Waals surface area contributed by atoms with E-state index in [0.29, 0.717) is 0 Å². The Balaban J connectivity index is 1.60. The second kappa shape index (κ2) is 4.65. The molecule has 3 heteroatoms. The number of nitrogens with zero attached hydrogens (tertiary/aromatic N) is 2. The summed E-state index contributed by atoms with van der Waals surface area (Å²) in [5, 5.41) is 0. The van der Waals surface area contributed by atoms with Gasteiger partial charge in [-0.1, -0.05) is 19.1 Å². The third kappa shape index (κ3) is 2.29. The van der Waals surface area contributed by atoms with Crippen molar-refractivity contribution in [1.29, 1.82) is 0 Å². The Kier molecular flexibility index (Phi) is 3.02. The number of rotatable bonds is 3. The highest BCUT2D eigenvalue weighted by Gasteiger charge is 2.33. The molecule has 3 nitrogen and oxygen atoms in total. The summed E-state index contributed by atoms with van der Waals surface area (Å²) in [4.78, 5) is 6.84. The van der Waals surface area contributed by atoms with Crippen LogP contribution in [-0.4, -0.2) is 23.0 Å². The number of aryl methyl sites for hydroxylation is 1. The maximum atomic E-state index is 5.68. The second-order valence-corrected chi connectivity index (χ2v) is 5.23. The van der Waals surface area contributed by atoms with E-state index in [-0.39, 0.29) is 0 Å². The third-order valence-electron chi connectivity index (χ3n) is 4.01. The molecule has 1 aromatic heterocycles. The van der Waals surface area contributed by atoms with Crippen LogP contribution in [0.15, 0.2) is 22.8 Å². The molecule has 0 bridgehead atoms. The van der Waals surface area contributed by atoms with Gasteiger partial charge >= 0.3 is 0 Å². The molecule has 0 amide bonds. The Bertz CT molecular complexity index is 394. The van der Waals surface area contributed by atoms with Crippen molar-refractivity contribution in [3.63, 3.8) is 0 Å². The van der Waals surface area contributed by atoms with Gasteiger partial charge in [0.25, 0.3) is 0 Å². The first-order valence-electron chi connectivity index (χ1n) is 6.66. The highest BCUT2D eigenvalue weighted by molar-refractivity contribution is 5.00. The average Bonchev–Trinajstić information content (AvgIpc) is 2.94. The lowest BCUT2D eigenvalue weighted by Gasteiger charge is -2.18. The van der Waals surface area contributed by atoms with Gasteiger partial charge in [0.2, 0.25) is 5.89 Å². The number of oxazole rings is 1. The van der Waals surface area contributed by atoms with Crippen molar-refractivity contribution in [3.05, 3.63) is 30.0 Å². The summed E-state index contributed by atoms with van der Waals surface area (Å²) in [6, 6.07) is 0. The Labute approximate surface area is 103 Å². The Hall–Kier alpha value is -1.09. The summed E-state index contributed by atoms with van der Waals surface area (Å²) in [7, 11) is 0. The summed E-state index contributed by atoms with van der Waals surface area (Å²) in [5.74, 6) is 3.60. The molecule has 2 unspecified atom stereocenters. The molecule has 2 heterocycles. The van der Waals surface area contributed by atoms with Crippen molar-refractivity contribution in [1.82, 2.24) is 9.88 Å². The predicted molar refractivity (Wildman–Crippen MR) is 66.5 cm³/mol. The zero-order valence-electron chi connectivity index (χ0n) is 10.4. The summed E-state index contributed by atoms with van der Waals surface area (Å²) in [5.41, 5.74) is 0. The van der Waals surface area contributed by atoms with Gasteiger partial charge in [-0.05, 0) is 24.7 Å². The van der Waals surface area contributed by atoms with Crippen LogP contribution >= 0.6 is 0 Å². The topological polar surface area (TPSA) is 29.3 Å². The van der Waals surface area contributed by atoms with Gasteiger partial charge in [0, 0.05) is 19.5 Å². The number of fused-ring (bicyclic) bond motifs is 1. The normalized spacial score (nSPS) is 28.5. The number of aromatic nitrogens is 1. The molecule has 1 fully saturated rings. The first kappa shape index (κ1) is 11.0. The molecule has 1 aliphatic carbocycles. The van der Waals surface area contributed by atoms with Gasteiger partial charge in [-0.25, -0.2) is 4.98 Å². The second-order valence-electron chi connectivity index (χ2n) is 5.23. The Morgan fingerprint density at radius 1 is 1.29 bits per heavy atom. The van der Waals surface area contributed by atoms with Gasteiger partial charge in [-0.15, -0.1) is 0 Å². The molecule has 1 aromatic rings. The molecule has 0 aromatic carbocycles. The van der Waals surface area contributed by atoms with E-state index in [1.165, 1.54) is 25.9 Å². The summed E-state index contributed by atoms with van der Waals surface area (Å²) in [6.07, 6.45) is 9.98. The largest absolute Gasteiger partial charge is 0.444 e. The highest BCUT2D eigenvalue weighted by atomic mass is 16.4. The minimum absolute atomic E-state index is 0.862. The van der Waals surface area contributed by atoms with Crippen LogP contribution in [0.1, 0.15) is 31.4 Å². The maximum absolute atomic E-state index is 5.68. The van der Waals surface area contributed by atoms with Crippen LogP contribution in [0.5, 0.6) is 0 Å². The molecule has 0 radical (unpaired) electrons. The Morgan fingerprint density at radius 3 is 2.59 bits per heavy atom. The van der Waals surface area contributed by atoms with Crippen molar-refractivity contribution in [2.24, 2.45) is 11.8 Å². The Morgan fingerprint density at radius 2 is 2.00 bits per heavy atom. The number of hydrogen-bond donors (Lipinski definition) is 0. The predicted octanol–water partition coefficient (Wildman–Crippen LogP) is 2.64. The fourth-order valence-electron chi connectivity index (χ4n) is 3.02. The number of allylic oxidation sites excluding steroid dienone is 2. The fourth-order valence-corrected chi connectivity index (χ4v) is 3.02. The van der Waals surface area contributed by atoms with E-state index in [4.69, 9.17) is 4.42 Å². The lowest BCUT2D eigenvalue weighted by atomic mass is 9.86. The summed E-state index contributed by atoms with van der Waals surface area (Å²) >= 11 is 0. The van der Waals surface area contributed by atoms with E-state index >= 15 is 0 Å². The first-order valence-corrected chi connectivity index (χ1v) is 6.66. The quantitative estimate of drug-likeness (QED) is 0.750. The van der Waals surface area contributed by atoms with Crippen LogP contribution in [0.2, 0.25) is 0 Å². The van der Waals surface area contributed by atoms with Gasteiger partial charge in [-0.3, -0.25) is 4.90 Å². The molecule has 0 N–H and O–H groups in total. The van der Waals surface area contributed by atoms with Crippen LogP contribution in [-0.2, 0) is 13.0 Å². The molecule has 0 spiro atoms. The average molecular weight is 232 g/mol. The monoisotopic (exact) mass is 232 g/mol. The van der Waals surface area contributed by atoms with E-state index in [1.807, 2.05) is 6.20 Å². The maximum Gasteiger partial charge on any atom is 0.208 e. The number of hydrogen-bond acceptors (Lipinski definition) is 3. The first-order chi connectivity index (χ1) is 8.35. The molecular formula is C14H20N2O. The molecule has 2 aliphatic rings. The lowest BCUT2D eigenvalue weighted by Crippen LogP contribution is -2.20. The summed E-state index contributed by atoms with van der Waals surface area (Å²) < 4.78 is 5.68. The number of likely N-dealkylation sites (tertiary alicyclic amines) is 1. The lowest BCUT2D eigenvalue weighted by molar-refractivity contribution is 0.274. The SMILES string of the molecule is CCc1cnc(CN2CC3CC=CCC3C2)o1. The standard InChI is InChI=1S/C14H20N2O/c1-2-13-7-15-14(17-13)10-16-8-11-5-3-4-6-12(11)9-16/h3-4,7,11-12H,2,5-6,8-10H2,1H3. The van der Waals surface area contributed by atoms with Crippen molar-refractivity contribution in [2.75, 3.05) is 13.1 Å². The fraction of sp³-hybridized carbons (Fsp3) is 0.643.